The second-order valence-corrected chi connectivity index (χ2v) is 17.6. The van der Waals surface area contributed by atoms with E-state index in [1.165, 1.54) is 77.0 Å². The monoisotopic (exact) mass is 951 g/mol. The minimum Gasteiger partial charge on any atom is -0.462 e. The summed E-state index contributed by atoms with van der Waals surface area (Å²) in [7, 11) is 0. The molecule has 0 aromatic heterocycles. The number of esters is 3. The summed E-state index contributed by atoms with van der Waals surface area (Å²) in [6.07, 6.45) is 79.8. The third-order valence-corrected chi connectivity index (χ3v) is 11.0. The summed E-state index contributed by atoms with van der Waals surface area (Å²) in [5, 5.41) is 0. The number of hydrogen-bond acceptors (Lipinski definition) is 6. The molecule has 6 nitrogen and oxygen atoms in total. The highest BCUT2D eigenvalue weighted by Crippen LogP contribution is 2.14. The lowest BCUT2D eigenvalue weighted by atomic mass is 10.1. The van der Waals surface area contributed by atoms with Gasteiger partial charge in [-0.1, -0.05) is 250 Å². The average Bonchev–Trinajstić information content (AvgIpc) is 3.35. The van der Waals surface area contributed by atoms with Gasteiger partial charge >= 0.3 is 17.9 Å². The summed E-state index contributed by atoms with van der Waals surface area (Å²) < 4.78 is 16.7. The molecule has 1 unspecified atom stereocenters. The molecule has 0 aromatic carbocycles. The van der Waals surface area contributed by atoms with Gasteiger partial charge in [-0.25, -0.2) is 0 Å². The van der Waals surface area contributed by atoms with Gasteiger partial charge in [0.15, 0.2) is 6.10 Å². The van der Waals surface area contributed by atoms with E-state index in [-0.39, 0.29) is 44.0 Å². The van der Waals surface area contributed by atoms with Crippen molar-refractivity contribution < 1.29 is 28.6 Å². The highest BCUT2D eigenvalue weighted by molar-refractivity contribution is 5.71. The molecular formula is C63H98O6. The number of allylic oxidation sites excluding steroid dienone is 24. The van der Waals surface area contributed by atoms with Crippen molar-refractivity contribution in [2.75, 3.05) is 13.2 Å². The number of rotatable bonds is 47. The fourth-order valence-corrected chi connectivity index (χ4v) is 6.96. The Balaban J connectivity index is 4.56. The second-order valence-electron chi connectivity index (χ2n) is 17.6. The Hall–Kier alpha value is -4.71. The number of ether oxygens (including phenoxy) is 3. The molecule has 1 atom stereocenters. The van der Waals surface area contributed by atoms with Gasteiger partial charge in [0.2, 0.25) is 0 Å². The molecule has 6 heteroatoms. The molecule has 0 saturated heterocycles. The SMILES string of the molecule is CC\C=C/C=C\C=C/C=C\C=C\C=C/C=C\CCCCCC(=O)OCC(COC(=O)CC/C=C\C/C=C\CCCCCCCC)OC(=O)CCCCCCCCCCC/C=C\C/C=C\C/C=C\CC. The predicted molar refractivity (Wildman–Crippen MR) is 297 cm³/mol. The van der Waals surface area contributed by atoms with E-state index < -0.39 is 6.10 Å². The molecule has 0 N–H and O–H groups in total. The lowest BCUT2D eigenvalue weighted by Crippen LogP contribution is -2.30. The zero-order valence-corrected chi connectivity index (χ0v) is 44.0. The van der Waals surface area contributed by atoms with Gasteiger partial charge < -0.3 is 14.2 Å². The fourth-order valence-electron chi connectivity index (χ4n) is 6.96. The molecular weight excluding hydrogens is 853 g/mol. The molecule has 386 valence electrons. The lowest BCUT2D eigenvalue weighted by molar-refractivity contribution is -0.166. The van der Waals surface area contributed by atoms with E-state index in [4.69, 9.17) is 14.2 Å². The molecule has 69 heavy (non-hydrogen) atoms. The van der Waals surface area contributed by atoms with Crippen LogP contribution in [0.25, 0.3) is 0 Å². The van der Waals surface area contributed by atoms with Crippen molar-refractivity contribution in [3.8, 4) is 0 Å². The van der Waals surface area contributed by atoms with Crippen molar-refractivity contribution in [2.24, 2.45) is 0 Å². The van der Waals surface area contributed by atoms with E-state index >= 15 is 0 Å². The van der Waals surface area contributed by atoms with Crippen LogP contribution in [0, 0.1) is 0 Å². The Bertz CT molecular complexity index is 1560. The molecule has 0 aliphatic carbocycles. The number of carbonyl (C=O) groups is 3. The normalized spacial score (nSPS) is 13.3. The first-order valence-corrected chi connectivity index (χ1v) is 27.4. The van der Waals surface area contributed by atoms with E-state index in [0.29, 0.717) is 19.3 Å². The Labute approximate surface area is 423 Å². The third kappa shape index (κ3) is 54.1. The Morgan fingerprint density at radius 1 is 0.319 bits per heavy atom. The molecule has 0 aromatic rings. The molecule has 0 fully saturated rings. The predicted octanol–water partition coefficient (Wildman–Crippen LogP) is 18.4. The van der Waals surface area contributed by atoms with Crippen LogP contribution >= 0.6 is 0 Å². The van der Waals surface area contributed by atoms with Gasteiger partial charge in [-0.05, 0) is 89.9 Å². The van der Waals surface area contributed by atoms with E-state index in [2.05, 4.69) is 87.6 Å². The van der Waals surface area contributed by atoms with E-state index in [0.717, 1.165) is 83.5 Å². The summed E-state index contributed by atoms with van der Waals surface area (Å²) in [4.78, 5) is 38.1. The molecule has 0 amide bonds. The standard InChI is InChI=1S/C63H98O6/c1-4-7-10-13-16-19-22-25-27-29-31-33-35-38-41-44-47-50-53-56-62(65)68-59-60(58-67-61(64)55-52-49-46-43-40-37-24-21-18-15-12-9-6-3)69-63(66)57-54-51-48-45-42-39-36-34-32-30-28-26-23-20-17-14-11-8-5-2/h7-8,10-11,13,16-17,19-20,22,25-29,31,33,35,37-38,40-41,46,49,60H,4-6,9,12,14-15,18,21,23-24,30,32,34,36,39,42-45,47-48,50-59H2,1-3H3/b10-7-,11-8-,16-13-,20-17-,22-19-,27-25-,28-26-,31-29+,35-33-,40-37-,41-38-,49-46-. The fraction of sp³-hybridized carbons (Fsp3) is 0.571. The molecule has 0 rings (SSSR count). The summed E-state index contributed by atoms with van der Waals surface area (Å²) in [6, 6.07) is 0. The van der Waals surface area contributed by atoms with Gasteiger partial charge in [0, 0.05) is 19.3 Å². The Kier molecular flexibility index (Phi) is 52.1. The molecule has 0 heterocycles. The summed E-state index contributed by atoms with van der Waals surface area (Å²) >= 11 is 0. The molecule has 0 bridgehead atoms. The first kappa shape index (κ1) is 64.3. The van der Waals surface area contributed by atoms with Crippen molar-refractivity contribution in [3.63, 3.8) is 0 Å². The Morgan fingerprint density at radius 3 is 1.16 bits per heavy atom. The van der Waals surface area contributed by atoms with Gasteiger partial charge in [-0.2, -0.15) is 0 Å². The molecule has 0 saturated carbocycles. The first-order chi connectivity index (χ1) is 34.0. The zero-order valence-electron chi connectivity index (χ0n) is 44.0. The van der Waals surface area contributed by atoms with Crippen LogP contribution in [0.15, 0.2) is 146 Å². The summed E-state index contributed by atoms with van der Waals surface area (Å²) in [5.74, 6) is -1.05. The number of carbonyl (C=O) groups excluding carboxylic acids is 3. The largest absolute Gasteiger partial charge is 0.462 e. The third-order valence-electron chi connectivity index (χ3n) is 11.0. The van der Waals surface area contributed by atoms with Crippen LogP contribution in [-0.2, 0) is 28.6 Å². The topological polar surface area (TPSA) is 78.9 Å². The van der Waals surface area contributed by atoms with Gasteiger partial charge in [0.25, 0.3) is 0 Å². The molecule has 0 aliphatic heterocycles. The van der Waals surface area contributed by atoms with Crippen LogP contribution in [0.5, 0.6) is 0 Å². The smallest absolute Gasteiger partial charge is 0.306 e. The van der Waals surface area contributed by atoms with Crippen LogP contribution in [0.4, 0.5) is 0 Å². The quantitative estimate of drug-likeness (QED) is 0.0199. The van der Waals surface area contributed by atoms with E-state index in [9.17, 15) is 14.4 Å². The van der Waals surface area contributed by atoms with Gasteiger partial charge in [0.1, 0.15) is 13.2 Å². The highest BCUT2D eigenvalue weighted by Gasteiger charge is 2.19. The van der Waals surface area contributed by atoms with Crippen molar-refractivity contribution in [1.29, 1.82) is 0 Å². The van der Waals surface area contributed by atoms with E-state index in [1.54, 1.807) is 0 Å². The van der Waals surface area contributed by atoms with Crippen LogP contribution in [0.3, 0.4) is 0 Å². The molecule has 0 aliphatic rings. The maximum atomic E-state index is 12.8. The van der Waals surface area contributed by atoms with Crippen molar-refractivity contribution >= 4 is 17.9 Å². The van der Waals surface area contributed by atoms with Crippen molar-refractivity contribution in [3.05, 3.63) is 146 Å². The van der Waals surface area contributed by atoms with Crippen molar-refractivity contribution in [1.82, 2.24) is 0 Å². The summed E-state index contributed by atoms with van der Waals surface area (Å²) in [5.41, 5.74) is 0. The van der Waals surface area contributed by atoms with Crippen LogP contribution in [0.1, 0.15) is 213 Å². The number of hydrogen-bond donors (Lipinski definition) is 0. The Morgan fingerprint density at radius 2 is 0.667 bits per heavy atom. The van der Waals surface area contributed by atoms with E-state index in [1.807, 2.05) is 79.0 Å². The lowest BCUT2D eigenvalue weighted by Gasteiger charge is -2.18. The van der Waals surface area contributed by atoms with Gasteiger partial charge in [0.05, 0.1) is 0 Å². The number of unbranched alkanes of at least 4 members (excludes halogenated alkanes) is 18. The summed E-state index contributed by atoms with van der Waals surface area (Å²) in [6.45, 7) is 6.26. The maximum absolute atomic E-state index is 12.8. The van der Waals surface area contributed by atoms with Crippen LogP contribution in [0.2, 0.25) is 0 Å². The minimum atomic E-state index is -0.829. The van der Waals surface area contributed by atoms with Crippen molar-refractivity contribution in [2.45, 2.75) is 219 Å². The highest BCUT2D eigenvalue weighted by atomic mass is 16.6. The van der Waals surface area contributed by atoms with Crippen LogP contribution in [-0.4, -0.2) is 37.2 Å². The maximum Gasteiger partial charge on any atom is 0.306 e. The average molecular weight is 951 g/mol. The van der Waals surface area contributed by atoms with Crippen LogP contribution < -0.4 is 0 Å². The van der Waals surface area contributed by atoms with Gasteiger partial charge in [-0.3, -0.25) is 14.4 Å². The zero-order chi connectivity index (χ0) is 50.0. The molecule has 0 spiro atoms. The molecule has 0 radical (unpaired) electrons. The second kappa shape index (κ2) is 55.9. The first-order valence-electron chi connectivity index (χ1n) is 27.4. The van der Waals surface area contributed by atoms with Gasteiger partial charge in [-0.15, -0.1) is 0 Å². The minimum absolute atomic E-state index is 0.127.